The van der Waals surface area contributed by atoms with Crippen LogP contribution in [0.2, 0.25) is 0 Å². The van der Waals surface area contributed by atoms with Gasteiger partial charge >= 0.3 is 6.03 Å². The summed E-state index contributed by atoms with van der Waals surface area (Å²) in [5.74, 6) is -0.232. The van der Waals surface area contributed by atoms with E-state index in [1.54, 1.807) is 27.4 Å². The topological polar surface area (TPSA) is 107 Å². The van der Waals surface area contributed by atoms with Crippen LogP contribution in [0.4, 0.5) is 10.5 Å². The molecule has 10 heteroatoms. The summed E-state index contributed by atoms with van der Waals surface area (Å²) in [5, 5.41) is 2.87. The van der Waals surface area contributed by atoms with Gasteiger partial charge in [-0.05, 0) is 62.3 Å². The van der Waals surface area contributed by atoms with Crippen LogP contribution in [0.1, 0.15) is 63.4 Å². The summed E-state index contributed by atoms with van der Waals surface area (Å²) in [6.07, 6.45) is 7.32. The Morgan fingerprint density at radius 2 is 1.74 bits per heavy atom. The Bertz CT molecular complexity index is 1110. The quantitative estimate of drug-likeness (QED) is 0.619. The Kier molecular flexibility index (Phi) is 6.14. The van der Waals surface area contributed by atoms with Crippen molar-refractivity contribution < 1.29 is 22.8 Å². The number of carbonyl (C=O) groups excluding carboxylic acids is 3. The molecule has 3 fully saturated rings. The number of rotatable bonds is 6. The number of fused-ring (bicyclic) bond motifs is 1. The lowest BCUT2D eigenvalue weighted by atomic mass is 9.98. The van der Waals surface area contributed by atoms with Crippen molar-refractivity contribution in [1.29, 1.82) is 0 Å². The molecule has 3 heterocycles. The van der Waals surface area contributed by atoms with E-state index in [9.17, 15) is 22.8 Å². The monoisotopic (exact) mass is 488 g/mol. The summed E-state index contributed by atoms with van der Waals surface area (Å²) in [5.41, 5.74) is 0.896. The highest BCUT2D eigenvalue weighted by Crippen LogP contribution is 2.35. The minimum Gasteiger partial charge on any atom is -0.323 e. The van der Waals surface area contributed by atoms with Gasteiger partial charge in [-0.2, -0.15) is 4.31 Å². The Morgan fingerprint density at radius 3 is 2.47 bits per heavy atom. The summed E-state index contributed by atoms with van der Waals surface area (Å²) in [6, 6.07) is 4.69. The maximum atomic E-state index is 13.0. The van der Waals surface area contributed by atoms with E-state index in [0.29, 0.717) is 50.2 Å². The molecule has 1 spiro atoms. The lowest BCUT2D eigenvalue weighted by Gasteiger charge is -2.26. The Labute approximate surface area is 200 Å². The predicted molar refractivity (Wildman–Crippen MR) is 126 cm³/mol. The number of piperidine rings is 1. The molecule has 4 amide bonds. The van der Waals surface area contributed by atoms with Gasteiger partial charge in [-0.25, -0.2) is 13.2 Å². The first-order valence-corrected chi connectivity index (χ1v) is 13.8. The van der Waals surface area contributed by atoms with Crippen molar-refractivity contribution in [2.24, 2.45) is 0 Å². The highest BCUT2D eigenvalue weighted by atomic mass is 32.2. The smallest absolute Gasteiger partial charge is 0.323 e. The molecule has 1 saturated carbocycles. The van der Waals surface area contributed by atoms with Crippen molar-refractivity contribution in [2.45, 2.75) is 74.6 Å². The van der Waals surface area contributed by atoms with Crippen LogP contribution in [0.3, 0.4) is 0 Å². The van der Waals surface area contributed by atoms with Gasteiger partial charge in [0.1, 0.15) is 5.54 Å². The molecule has 34 heavy (non-hydrogen) atoms. The third kappa shape index (κ3) is 4.00. The Morgan fingerprint density at radius 1 is 1.00 bits per heavy atom. The molecular formula is C24H32N4O5S. The van der Waals surface area contributed by atoms with Crippen LogP contribution in [-0.4, -0.2) is 67.2 Å². The summed E-state index contributed by atoms with van der Waals surface area (Å²) in [4.78, 5) is 41.2. The van der Waals surface area contributed by atoms with Gasteiger partial charge < -0.3 is 10.2 Å². The van der Waals surface area contributed by atoms with E-state index in [1.807, 2.05) is 0 Å². The first-order valence-electron chi connectivity index (χ1n) is 12.4. The van der Waals surface area contributed by atoms with E-state index >= 15 is 0 Å². The normalized spacial score (nSPS) is 22.5. The summed E-state index contributed by atoms with van der Waals surface area (Å²) in [6.45, 7) is 1.85. The molecule has 184 valence electrons. The molecule has 0 radical (unpaired) electrons. The number of nitrogens with zero attached hydrogens (tertiary/aromatic N) is 3. The first kappa shape index (κ1) is 23.3. The molecule has 3 aliphatic heterocycles. The lowest BCUT2D eigenvalue weighted by molar-refractivity contribution is -0.131. The van der Waals surface area contributed by atoms with Crippen LogP contribution < -0.4 is 10.2 Å². The molecule has 1 aromatic carbocycles. The van der Waals surface area contributed by atoms with Gasteiger partial charge in [0, 0.05) is 38.3 Å². The van der Waals surface area contributed by atoms with E-state index in [2.05, 4.69) is 5.32 Å². The zero-order valence-electron chi connectivity index (χ0n) is 19.4. The second kappa shape index (κ2) is 8.96. The van der Waals surface area contributed by atoms with Gasteiger partial charge in [-0.3, -0.25) is 14.5 Å². The minimum atomic E-state index is -3.51. The number of carbonyl (C=O) groups is 3. The van der Waals surface area contributed by atoms with Crippen LogP contribution in [0.5, 0.6) is 0 Å². The van der Waals surface area contributed by atoms with Crippen molar-refractivity contribution in [3.8, 4) is 0 Å². The molecule has 0 atom stereocenters. The maximum absolute atomic E-state index is 13.0. The number of sulfonamides is 1. The average Bonchev–Trinajstić information content (AvgIpc) is 3.54. The Balaban J connectivity index is 1.20. The molecule has 1 aromatic rings. The van der Waals surface area contributed by atoms with Crippen molar-refractivity contribution in [2.75, 3.05) is 31.1 Å². The van der Waals surface area contributed by atoms with E-state index in [4.69, 9.17) is 0 Å². The standard InChI is InChI=1S/C24H32N4O5S/c29-21(7-6-15-28-22(30)24(25-23(28)31)11-2-3-12-24)27-16-10-18-17-19(8-9-20(18)27)34(32,33)26-13-4-1-5-14-26/h8-9,17H,1-7,10-16H2,(H,25,31). The van der Waals surface area contributed by atoms with Crippen LogP contribution in [0.15, 0.2) is 23.1 Å². The fourth-order valence-electron chi connectivity index (χ4n) is 5.77. The molecular weight excluding hydrogens is 456 g/mol. The zero-order chi connectivity index (χ0) is 23.9. The largest absolute Gasteiger partial charge is 0.325 e. The van der Waals surface area contributed by atoms with Crippen molar-refractivity contribution >= 4 is 33.6 Å². The SMILES string of the molecule is O=C1NC2(CCCC2)C(=O)N1CCCC(=O)N1CCc2cc(S(=O)(=O)N3CCCCC3)ccc21. The fourth-order valence-corrected chi connectivity index (χ4v) is 7.34. The molecule has 0 aromatic heterocycles. The number of hydrogen-bond acceptors (Lipinski definition) is 5. The van der Waals surface area contributed by atoms with Gasteiger partial charge in [-0.15, -0.1) is 0 Å². The van der Waals surface area contributed by atoms with E-state index in [1.165, 1.54) is 4.90 Å². The second-order valence-corrected chi connectivity index (χ2v) is 11.8. The van der Waals surface area contributed by atoms with Gasteiger partial charge in [0.05, 0.1) is 4.90 Å². The third-order valence-corrected chi connectivity index (χ3v) is 9.57. The highest BCUT2D eigenvalue weighted by Gasteiger charge is 2.52. The molecule has 0 unspecified atom stereocenters. The number of imide groups is 1. The van der Waals surface area contributed by atoms with Crippen LogP contribution in [0, 0.1) is 0 Å². The van der Waals surface area contributed by atoms with E-state index < -0.39 is 15.6 Å². The Hall–Kier alpha value is -2.46. The third-order valence-electron chi connectivity index (χ3n) is 7.68. The zero-order valence-corrected chi connectivity index (χ0v) is 20.2. The molecule has 4 aliphatic rings. The van der Waals surface area contributed by atoms with Crippen molar-refractivity contribution in [3.05, 3.63) is 23.8 Å². The molecule has 9 nitrogen and oxygen atoms in total. The van der Waals surface area contributed by atoms with Gasteiger partial charge in [0.2, 0.25) is 15.9 Å². The number of nitrogens with one attached hydrogen (secondary N) is 1. The van der Waals surface area contributed by atoms with E-state index in [0.717, 1.165) is 43.4 Å². The minimum absolute atomic E-state index is 0.0759. The summed E-state index contributed by atoms with van der Waals surface area (Å²) >= 11 is 0. The molecule has 5 rings (SSSR count). The van der Waals surface area contributed by atoms with Crippen LogP contribution in [-0.2, 0) is 26.0 Å². The van der Waals surface area contributed by atoms with E-state index in [-0.39, 0.29) is 30.8 Å². The predicted octanol–water partition coefficient (Wildman–Crippen LogP) is 2.40. The average molecular weight is 489 g/mol. The number of anilines is 1. The number of benzene rings is 1. The van der Waals surface area contributed by atoms with Crippen LogP contribution >= 0.6 is 0 Å². The maximum Gasteiger partial charge on any atom is 0.325 e. The summed E-state index contributed by atoms with van der Waals surface area (Å²) < 4.78 is 27.6. The van der Waals surface area contributed by atoms with Crippen LogP contribution in [0.25, 0.3) is 0 Å². The van der Waals surface area contributed by atoms with Gasteiger partial charge in [-0.1, -0.05) is 19.3 Å². The van der Waals surface area contributed by atoms with Crippen molar-refractivity contribution in [1.82, 2.24) is 14.5 Å². The summed E-state index contributed by atoms with van der Waals surface area (Å²) in [7, 11) is -3.51. The van der Waals surface area contributed by atoms with Gasteiger partial charge in [0.25, 0.3) is 5.91 Å². The van der Waals surface area contributed by atoms with Crippen molar-refractivity contribution in [3.63, 3.8) is 0 Å². The van der Waals surface area contributed by atoms with Gasteiger partial charge in [0.15, 0.2) is 0 Å². The number of urea groups is 1. The number of amides is 4. The fraction of sp³-hybridized carbons (Fsp3) is 0.625. The number of hydrogen-bond donors (Lipinski definition) is 1. The molecule has 0 bridgehead atoms. The molecule has 1 N–H and O–H groups in total. The second-order valence-electron chi connectivity index (χ2n) is 9.83. The first-order chi connectivity index (χ1) is 16.3. The molecule has 1 aliphatic carbocycles. The lowest BCUT2D eigenvalue weighted by Crippen LogP contribution is -2.44. The molecule has 2 saturated heterocycles. The highest BCUT2D eigenvalue weighted by molar-refractivity contribution is 7.89.